The van der Waals surface area contributed by atoms with E-state index in [0.29, 0.717) is 12.3 Å². The Kier molecular flexibility index (Phi) is 4.94. The van der Waals surface area contributed by atoms with Crippen molar-refractivity contribution in [2.45, 2.75) is 52.9 Å². The fourth-order valence-corrected chi connectivity index (χ4v) is 1.81. The van der Waals surface area contributed by atoms with Gasteiger partial charge < -0.3 is 5.11 Å². The Labute approximate surface area is 110 Å². The first-order valence-electron chi connectivity index (χ1n) is 6.69. The minimum atomic E-state index is -0.723. The van der Waals surface area contributed by atoms with Crippen molar-refractivity contribution in [3.63, 3.8) is 0 Å². The van der Waals surface area contributed by atoms with Crippen LogP contribution in [0.4, 0.5) is 0 Å². The molecule has 1 aromatic carbocycles. The number of rotatable bonds is 6. The van der Waals surface area contributed by atoms with Gasteiger partial charge in [-0.3, -0.25) is 4.79 Å². The van der Waals surface area contributed by atoms with Crippen LogP contribution < -0.4 is 0 Å². The number of carboxylic acid groups (broad SMARTS) is 1. The molecule has 0 saturated heterocycles. The van der Waals surface area contributed by atoms with Gasteiger partial charge in [0.1, 0.15) is 0 Å². The molecule has 1 aromatic rings. The summed E-state index contributed by atoms with van der Waals surface area (Å²) in [4.78, 5) is 11.0. The number of aryl methyl sites for hydroxylation is 1. The summed E-state index contributed by atoms with van der Waals surface area (Å²) in [7, 11) is 0. The second kappa shape index (κ2) is 6.03. The fraction of sp³-hybridized carbons (Fsp3) is 0.562. The van der Waals surface area contributed by atoms with E-state index in [1.54, 1.807) is 13.8 Å². The first kappa shape index (κ1) is 14.7. The third-order valence-electron chi connectivity index (χ3n) is 3.78. The molecule has 0 aliphatic rings. The molecule has 2 heteroatoms. The standard InChI is InChI=1S/C16H24O2/c1-5-12(2)14-8-6-13(7-9-14)10-11-16(3,4)15(17)18/h6-9,12H,5,10-11H2,1-4H3,(H,17,18). The first-order chi connectivity index (χ1) is 8.36. The monoisotopic (exact) mass is 248 g/mol. The van der Waals surface area contributed by atoms with Gasteiger partial charge in [0.05, 0.1) is 5.41 Å². The van der Waals surface area contributed by atoms with Gasteiger partial charge in [-0.05, 0) is 50.2 Å². The van der Waals surface area contributed by atoms with Gasteiger partial charge in [0.2, 0.25) is 0 Å². The lowest BCUT2D eigenvalue weighted by molar-refractivity contribution is -0.147. The zero-order valence-electron chi connectivity index (χ0n) is 11.9. The SMILES string of the molecule is CCC(C)c1ccc(CCC(C)(C)C(=O)O)cc1. The Morgan fingerprint density at radius 2 is 1.83 bits per heavy atom. The zero-order valence-corrected chi connectivity index (χ0v) is 11.9. The van der Waals surface area contributed by atoms with Gasteiger partial charge in [0.15, 0.2) is 0 Å². The van der Waals surface area contributed by atoms with E-state index in [1.807, 2.05) is 0 Å². The molecule has 1 N–H and O–H groups in total. The second-order valence-corrected chi connectivity index (χ2v) is 5.74. The molecule has 0 bridgehead atoms. The lowest BCUT2D eigenvalue weighted by Gasteiger charge is -2.19. The van der Waals surface area contributed by atoms with E-state index in [-0.39, 0.29) is 0 Å². The van der Waals surface area contributed by atoms with E-state index >= 15 is 0 Å². The molecule has 1 unspecified atom stereocenters. The maximum atomic E-state index is 11.0. The van der Waals surface area contributed by atoms with Crippen molar-refractivity contribution in [1.29, 1.82) is 0 Å². The molecule has 100 valence electrons. The zero-order chi connectivity index (χ0) is 13.8. The van der Waals surface area contributed by atoms with Crippen LogP contribution in [0.1, 0.15) is 57.6 Å². The largest absolute Gasteiger partial charge is 0.481 e. The molecule has 0 aromatic heterocycles. The van der Waals surface area contributed by atoms with Crippen LogP contribution in [-0.2, 0) is 11.2 Å². The van der Waals surface area contributed by atoms with Gasteiger partial charge >= 0.3 is 5.97 Å². The maximum absolute atomic E-state index is 11.0. The second-order valence-electron chi connectivity index (χ2n) is 5.74. The molecule has 1 atom stereocenters. The van der Waals surface area contributed by atoms with E-state index < -0.39 is 11.4 Å². The quantitative estimate of drug-likeness (QED) is 0.817. The number of hydrogen-bond donors (Lipinski definition) is 1. The molecule has 0 saturated carbocycles. The van der Waals surface area contributed by atoms with Crippen LogP contribution in [0.15, 0.2) is 24.3 Å². The molecule has 0 aliphatic carbocycles. The summed E-state index contributed by atoms with van der Waals surface area (Å²) in [5.41, 5.74) is 1.94. The van der Waals surface area contributed by atoms with Gasteiger partial charge in [-0.25, -0.2) is 0 Å². The number of hydrogen-bond acceptors (Lipinski definition) is 1. The number of carboxylic acids is 1. The van der Waals surface area contributed by atoms with Crippen molar-refractivity contribution in [2.75, 3.05) is 0 Å². The predicted molar refractivity (Wildman–Crippen MR) is 74.9 cm³/mol. The molecular weight excluding hydrogens is 224 g/mol. The van der Waals surface area contributed by atoms with Crippen LogP contribution in [0, 0.1) is 5.41 Å². The maximum Gasteiger partial charge on any atom is 0.309 e. The molecular formula is C16H24O2. The highest BCUT2D eigenvalue weighted by Gasteiger charge is 2.26. The van der Waals surface area contributed by atoms with Crippen molar-refractivity contribution in [2.24, 2.45) is 5.41 Å². The highest BCUT2D eigenvalue weighted by molar-refractivity contribution is 5.73. The van der Waals surface area contributed by atoms with Gasteiger partial charge in [-0.1, -0.05) is 38.1 Å². The summed E-state index contributed by atoms with van der Waals surface area (Å²) >= 11 is 0. The Bertz CT molecular complexity index is 390. The van der Waals surface area contributed by atoms with Crippen LogP contribution in [0.2, 0.25) is 0 Å². The molecule has 0 spiro atoms. The van der Waals surface area contributed by atoms with Crippen molar-refractivity contribution >= 4 is 5.97 Å². The number of carbonyl (C=O) groups is 1. The van der Waals surface area contributed by atoms with E-state index in [1.165, 1.54) is 11.1 Å². The lowest BCUT2D eigenvalue weighted by Crippen LogP contribution is -2.24. The van der Waals surface area contributed by atoms with Crippen LogP contribution in [-0.4, -0.2) is 11.1 Å². The van der Waals surface area contributed by atoms with Crippen LogP contribution in [0.3, 0.4) is 0 Å². The minimum absolute atomic E-state index is 0.592. The van der Waals surface area contributed by atoms with Gasteiger partial charge in [-0.2, -0.15) is 0 Å². The summed E-state index contributed by atoms with van der Waals surface area (Å²) < 4.78 is 0. The average molecular weight is 248 g/mol. The molecule has 0 radical (unpaired) electrons. The van der Waals surface area contributed by atoms with Crippen molar-refractivity contribution in [3.05, 3.63) is 35.4 Å². The van der Waals surface area contributed by atoms with Crippen molar-refractivity contribution in [3.8, 4) is 0 Å². The lowest BCUT2D eigenvalue weighted by atomic mass is 9.86. The third kappa shape index (κ3) is 3.86. The highest BCUT2D eigenvalue weighted by Crippen LogP contribution is 2.24. The van der Waals surface area contributed by atoms with Gasteiger partial charge in [0.25, 0.3) is 0 Å². The fourth-order valence-electron chi connectivity index (χ4n) is 1.81. The smallest absolute Gasteiger partial charge is 0.309 e. The summed E-state index contributed by atoms with van der Waals surface area (Å²) in [6.45, 7) is 7.97. The number of aliphatic carboxylic acids is 1. The molecule has 18 heavy (non-hydrogen) atoms. The molecule has 0 aliphatic heterocycles. The molecule has 0 heterocycles. The summed E-state index contributed by atoms with van der Waals surface area (Å²) in [6, 6.07) is 8.58. The van der Waals surface area contributed by atoms with Gasteiger partial charge in [0, 0.05) is 0 Å². The molecule has 1 rings (SSSR count). The molecule has 0 fully saturated rings. The predicted octanol–water partition coefficient (Wildman–Crippen LogP) is 4.24. The molecule has 2 nitrogen and oxygen atoms in total. The van der Waals surface area contributed by atoms with Crippen molar-refractivity contribution in [1.82, 2.24) is 0 Å². The topological polar surface area (TPSA) is 37.3 Å². The van der Waals surface area contributed by atoms with Crippen LogP contribution >= 0.6 is 0 Å². The Morgan fingerprint density at radius 3 is 2.28 bits per heavy atom. The van der Waals surface area contributed by atoms with E-state index in [2.05, 4.69) is 38.1 Å². The average Bonchev–Trinajstić information content (AvgIpc) is 2.36. The van der Waals surface area contributed by atoms with Crippen LogP contribution in [0.5, 0.6) is 0 Å². The summed E-state index contributed by atoms with van der Waals surface area (Å²) in [5.74, 6) is -0.131. The van der Waals surface area contributed by atoms with E-state index in [9.17, 15) is 4.79 Å². The molecule has 0 amide bonds. The van der Waals surface area contributed by atoms with E-state index in [0.717, 1.165) is 12.8 Å². The van der Waals surface area contributed by atoms with Crippen LogP contribution in [0.25, 0.3) is 0 Å². The highest BCUT2D eigenvalue weighted by atomic mass is 16.4. The third-order valence-corrected chi connectivity index (χ3v) is 3.78. The Balaban J connectivity index is 2.62. The van der Waals surface area contributed by atoms with Gasteiger partial charge in [-0.15, -0.1) is 0 Å². The summed E-state index contributed by atoms with van der Waals surface area (Å²) in [5, 5.41) is 9.07. The Morgan fingerprint density at radius 1 is 1.28 bits per heavy atom. The normalized spacial score (nSPS) is 13.3. The summed E-state index contributed by atoms with van der Waals surface area (Å²) in [6.07, 6.45) is 2.64. The first-order valence-corrected chi connectivity index (χ1v) is 6.69. The minimum Gasteiger partial charge on any atom is -0.481 e. The Hall–Kier alpha value is -1.31. The number of benzene rings is 1. The van der Waals surface area contributed by atoms with E-state index in [4.69, 9.17) is 5.11 Å². The van der Waals surface area contributed by atoms with Crippen molar-refractivity contribution < 1.29 is 9.90 Å².